The summed E-state index contributed by atoms with van der Waals surface area (Å²) in [5, 5.41) is 6.58. The molecule has 23 heavy (non-hydrogen) atoms. The Balaban J connectivity index is 0.00000484. The molecule has 0 aromatic heterocycles. The zero-order valence-electron chi connectivity index (χ0n) is 14.1. The Bertz CT molecular complexity index is 474. The van der Waals surface area contributed by atoms with E-state index >= 15 is 0 Å². The molecule has 0 spiro atoms. The van der Waals surface area contributed by atoms with Crippen LogP contribution < -0.4 is 16.4 Å². The maximum atomic E-state index is 11.0. The fraction of sp³-hybridized carbons (Fsp3) is 0.529. The highest BCUT2D eigenvalue weighted by Gasteiger charge is 2.00. The van der Waals surface area contributed by atoms with Crippen molar-refractivity contribution in [3.05, 3.63) is 35.4 Å². The highest BCUT2D eigenvalue weighted by Crippen LogP contribution is 2.05. The molecule has 4 N–H and O–H groups in total. The first-order valence-corrected chi connectivity index (χ1v) is 8.08. The molecule has 5 nitrogen and oxygen atoms in total. The number of nitrogens with two attached hydrogens (primary N) is 1. The first kappa shape index (κ1) is 21.7. The Morgan fingerprint density at radius 2 is 1.78 bits per heavy atom. The van der Waals surface area contributed by atoms with Crippen LogP contribution in [0.2, 0.25) is 0 Å². The number of nitrogens with one attached hydrogen (secondary N) is 2. The van der Waals surface area contributed by atoms with E-state index in [0.29, 0.717) is 12.1 Å². The molecular weight excluding hydrogens is 403 g/mol. The van der Waals surface area contributed by atoms with Gasteiger partial charge in [-0.2, -0.15) is 0 Å². The third-order valence-corrected chi connectivity index (χ3v) is 3.33. The molecule has 1 rings (SSSR count). The van der Waals surface area contributed by atoms with Gasteiger partial charge in [-0.3, -0.25) is 4.79 Å². The lowest BCUT2D eigenvalue weighted by Gasteiger charge is -2.11. The number of rotatable bonds is 9. The Morgan fingerprint density at radius 1 is 1.09 bits per heavy atom. The van der Waals surface area contributed by atoms with Gasteiger partial charge >= 0.3 is 0 Å². The molecule has 0 aliphatic carbocycles. The third kappa shape index (κ3) is 9.43. The van der Waals surface area contributed by atoms with Crippen molar-refractivity contribution in [3.63, 3.8) is 0 Å². The number of primary amides is 1. The number of amides is 1. The molecule has 0 bridgehead atoms. The van der Waals surface area contributed by atoms with E-state index in [9.17, 15) is 4.79 Å². The molecule has 130 valence electrons. The minimum Gasteiger partial charge on any atom is -0.366 e. The first-order chi connectivity index (χ1) is 10.7. The number of carbonyl (C=O) groups excluding carboxylic acids is 1. The summed E-state index contributed by atoms with van der Waals surface area (Å²) in [6.07, 6.45) is 4.93. The molecule has 1 amide bonds. The predicted molar refractivity (Wildman–Crippen MR) is 107 cm³/mol. The number of aliphatic imine (C=N–C) groups is 1. The lowest BCUT2D eigenvalue weighted by molar-refractivity contribution is 0.100. The molecule has 0 saturated carbocycles. The molecule has 0 aliphatic rings. The summed E-state index contributed by atoms with van der Waals surface area (Å²) in [7, 11) is 0. The van der Waals surface area contributed by atoms with E-state index in [1.807, 2.05) is 12.1 Å². The van der Waals surface area contributed by atoms with E-state index < -0.39 is 5.91 Å². The van der Waals surface area contributed by atoms with Crippen molar-refractivity contribution in [2.24, 2.45) is 10.7 Å². The SMILES string of the molecule is CCCCCCNC(=NCc1ccc(C(N)=O)cc1)NCC.I. The number of unbranched alkanes of at least 4 members (excludes halogenated alkanes) is 3. The highest BCUT2D eigenvalue weighted by molar-refractivity contribution is 14.0. The van der Waals surface area contributed by atoms with Crippen LogP contribution >= 0.6 is 24.0 Å². The maximum absolute atomic E-state index is 11.0. The number of hydrogen-bond acceptors (Lipinski definition) is 2. The third-order valence-electron chi connectivity index (χ3n) is 3.33. The van der Waals surface area contributed by atoms with E-state index in [1.54, 1.807) is 12.1 Å². The van der Waals surface area contributed by atoms with Gasteiger partial charge in [-0.15, -0.1) is 24.0 Å². The maximum Gasteiger partial charge on any atom is 0.248 e. The van der Waals surface area contributed by atoms with Crippen molar-refractivity contribution in [1.29, 1.82) is 0 Å². The fourth-order valence-corrected chi connectivity index (χ4v) is 2.05. The Morgan fingerprint density at radius 3 is 2.35 bits per heavy atom. The molecular formula is C17H29IN4O. The zero-order chi connectivity index (χ0) is 16.2. The van der Waals surface area contributed by atoms with Crippen LogP contribution in [0, 0.1) is 0 Å². The molecule has 0 fully saturated rings. The quantitative estimate of drug-likeness (QED) is 0.243. The summed E-state index contributed by atoms with van der Waals surface area (Å²) >= 11 is 0. The number of nitrogens with zero attached hydrogens (tertiary/aromatic N) is 1. The largest absolute Gasteiger partial charge is 0.366 e. The van der Waals surface area contributed by atoms with Crippen molar-refractivity contribution >= 4 is 35.8 Å². The summed E-state index contributed by atoms with van der Waals surface area (Å²) in [5.41, 5.74) is 6.80. The highest BCUT2D eigenvalue weighted by atomic mass is 127. The van der Waals surface area contributed by atoms with Crippen LogP contribution in [-0.2, 0) is 6.54 Å². The predicted octanol–water partition coefficient (Wildman–Crippen LogP) is 3.04. The van der Waals surface area contributed by atoms with Crippen LogP contribution in [0.1, 0.15) is 55.5 Å². The minimum atomic E-state index is -0.405. The fourth-order valence-electron chi connectivity index (χ4n) is 2.05. The molecule has 0 unspecified atom stereocenters. The van der Waals surface area contributed by atoms with Crippen LogP contribution in [0.3, 0.4) is 0 Å². The molecule has 0 aliphatic heterocycles. The minimum absolute atomic E-state index is 0. The van der Waals surface area contributed by atoms with Crippen LogP contribution in [0.25, 0.3) is 0 Å². The Hall–Kier alpha value is -1.31. The second kappa shape index (κ2) is 13.2. The van der Waals surface area contributed by atoms with E-state index in [4.69, 9.17) is 5.73 Å². The second-order valence-electron chi connectivity index (χ2n) is 5.24. The molecule has 6 heteroatoms. The summed E-state index contributed by atoms with van der Waals surface area (Å²) in [4.78, 5) is 15.6. The lowest BCUT2D eigenvalue weighted by atomic mass is 10.1. The van der Waals surface area contributed by atoms with Crippen molar-refractivity contribution in [1.82, 2.24) is 10.6 Å². The van der Waals surface area contributed by atoms with Gasteiger partial charge < -0.3 is 16.4 Å². The smallest absolute Gasteiger partial charge is 0.248 e. The van der Waals surface area contributed by atoms with Crippen molar-refractivity contribution < 1.29 is 4.79 Å². The summed E-state index contributed by atoms with van der Waals surface area (Å²) < 4.78 is 0. The van der Waals surface area contributed by atoms with Crippen molar-refractivity contribution in [3.8, 4) is 0 Å². The average molecular weight is 432 g/mol. The van der Waals surface area contributed by atoms with Gasteiger partial charge in [0.2, 0.25) is 5.91 Å². The van der Waals surface area contributed by atoms with Gasteiger partial charge in [0.15, 0.2) is 5.96 Å². The molecule has 0 heterocycles. The number of halogens is 1. The topological polar surface area (TPSA) is 79.5 Å². The van der Waals surface area contributed by atoms with Crippen molar-refractivity contribution in [2.75, 3.05) is 13.1 Å². The molecule has 0 atom stereocenters. The zero-order valence-corrected chi connectivity index (χ0v) is 16.4. The molecule has 1 aromatic rings. The summed E-state index contributed by atoms with van der Waals surface area (Å²) in [5.74, 6) is 0.426. The summed E-state index contributed by atoms with van der Waals surface area (Å²) in [6, 6.07) is 7.24. The van der Waals surface area contributed by atoms with Crippen molar-refractivity contribution in [2.45, 2.75) is 46.1 Å². The van der Waals surface area contributed by atoms with E-state index in [0.717, 1.165) is 31.0 Å². The normalized spacial score (nSPS) is 10.8. The van der Waals surface area contributed by atoms with Crippen LogP contribution in [0.5, 0.6) is 0 Å². The Kier molecular flexibility index (Phi) is 12.4. The number of benzene rings is 1. The van der Waals surface area contributed by atoms with Crippen LogP contribution in [0.4, 0.5) is 0 Å². The van der Waals surface area contributed by atoms with Crippen LogP contribution in [0.15, 0.2) is 29.3 Å². The number of carbonyl (C=O) groups is 1. The van der Waals surface area contributed by atoms with Gasteiger partial charge in [0.05, 0.1) is 6.54 Å². The van der Waals surface area contributed by atoms with Gasteiger partial charge in [-0.25, -0.2) is 4.99 Å². The van der Waals surface area contributed by atoms with Gasteiger partial charge in [-0.05, 0) is 31.0 Å². The molecule has 0 saturated heterocycles. The summed E-state index contributed by atoms with van der Waals surface area (Å²) in [6.45, 7) is 6.61. The lowest BCUT2D eigenvalue weighted by Crippen LogP contribution is -2.37. The second-order valence-corrected chi connectivity index (χ2v) is 5.24. The van der Waals surface area contributed by atoms with E-state index in [1.165, 1.54) is 19.3 Å². The monoisotopic (exact) mass is 432 g/mol. The van der Waals surface area contributed by atoms with Gasteiger partial charge in [0.25, 0.3) is 0 Å². The first-order valence-electron chi connectivity index (χ1n) is 8.08. The molecule has 0 radical (unpaired) electrons. The number of guanidine groups is 1. The van der Waals surface area contributed by atoms with Gasteiger partial charge in [-0.1, -0.05) is 38.3 Å². The average Bonchev–Trinajstić information content (AvgIpc) is 2.52. The van der Waals surface area contributed by atoms with Crippen LogP contribution in [-0.4, -0.2) is 25.0 Å². The van der Waals surface area contributed by atoms with E-state index in [2.05, 4.69) is 29.5 Å². The van der Waals surface area contributed by atoms with E-state index in [-0.39, 0.29) is 24.0 Å². The van der Waals surface area contributed by atoms with Gasteiger partial charge in [0.1, 0.15) is 0 Å². The standard InChI is InChI=1S/C17H28N4O.HI/c1-3-5-6-7-12-20-17(19-4-2)21-13-14-8-10-15(11-9-14)16(18)22;/h8-11H,3-7,12-13H2,1-2H3,(H2,18,22)(H2,19,20,21);1H. The molecule has 1 aromatic carbocycles. The van der Waals surface area contributed by atoms with Gasteiger partial charge in [0, 0.05) is 18.7 Å². The Labute approximate surface area is 156 Å². The number of hydrogen-bond donors (Lipinski definition) is 3.